The summed E-state index contributed by atoms with van der Waals surface area (Å²) in [6.07, 6.45) is 7.45. The normalized spacial score (nSPS) is 39.0. The van der Waals surface area contributed by atoms with Gasteiger partial charge in [-0.15, -0.1) is 0 Å². The van der Waals surface area contributed by atoms with Crippen LogP contribution in [-0.2, 0) is 28.9 Å². The van der Waals surface area contributed by atoms with Crippen LogP contribution in [0.15, 0.2) is 0 Å². The summed E-state index contributed by atoms with van der Waals surface area (Å²) in [5, 5.41) is 42.3. The van der Waals surface area contributed by atoms with E-state index in [-0.39, 0.29) is 37.4 Å². The molecular weight excluding hydrogens is 592 g/mol. The molecule has 14 heteroatoms. The Morgan fingerprint density at radius 3 is 1.80 bits per heavy atom. The Morgan fingerprint density at radius 1 is 0.733 bits per heavy atom. The van der Waals surface area contributed by atoms with Crippen molar-refractivity contribution in [2.45, 2.75) is 122 Å². The molecule has 45 heavy (non-hydrogen) atoms. The van der Waals surface area contributed by atoms with E-state index in [9.17, 15) is 44.8 Å². The van der Waals surface area contributed by atoms with E-state index in [4.69, 9.17) is 14.5 Å². The fourth-order valence-electron chi connectivity index (χ4n) is 8.66. The minimum Gasteiger partial charge on any atom is -0.481 e. The van der Waals surface area contributed by atoms with E-state index in [0.717, 1.165) is 38.5 Å². The molecule has 0 spiro atoms. The second kappa shape index (κ2) is 15.6. The second-order valence-electron chi connectivity index (χ2n) is 14.1. The van der Waals surface area contributed by atoms with E-state index in [1.165, 1.54) is 0 Å². The fourth-order valence-corrected chi connectivity index (χ4v) is 8.66. The highest BCUT2D eigenvalue weighted by Crippen LogP contribution is 2.42. The Kier molecular flexibility index (Phi) is 12.1. The van der Waals surface area contributed by atoms with Gasteiger partial charge in [0.05, 0.1) is 30.5 Å². The molecule has 4 rings (SSSR count). The fraction of sp³-hybridized carbons (Fsp3) is 0.903. The molecule has 0 aromatic heterocycles. The number of hydrogen-bond donors (Lipinski definition) is 2. The molecule has 0 bridgehead atoms. The number of rotatable bonds is 12. The van der Waals surface area contributed by atoms with Gasteiger partial charge in [0.2, 0.25) is 12.1 Å². The van der Waals surface area contributed by atoms with E-state index < -0.39 is 69.6 Å². The lowest BCUT2D eigenvalue weighted by molar-refractivity contribution is -0.541. The molecule has 4 aliphatic rings. The van der Waals surface area contributed by atoms with Crippen LogP contribution >= 0.6 is 0 Å². The van der Waals surface area contributed by atoms with Crippen LogP contribution in [0.2, 0.25) is 0 Å². The number of esters is 1. The van der Waals surface area contributed by atoms with Gasteiger partial charge in [-0.1, -0.05) is 13.8 Å². The number of nitro groups is 2. The van der Waals surface area contributed by atoms with Crippen molar-refractivity contribution < 1.29 is 49.0 Å². The summed E-state index contributed by atoms with van der Waals surface area (Å²) in [6, 6.07) is -2.19. The van der Waals surface area contributed by atoms with Crippen molar-refractivity contribution in [1.82, 2.24) is 0 Å². The summed E-state index contributed by atoms with van der Waals surface area (Å²) in [5.41, 5.74) is 0. The third-order valence-electron chi connectivity index (χ3n) is 11.1. The van der Waals surface area contributed by atoms with Gasteiger partial charge in [-0.25, -0.2) is 9.78 Å². The standard InChI is InChI=1S/C31H48N2O12/c1-17-13-19(9-11-26(17)44-31(38)28-22(30(36)37)6-4-8-25(28)33(41)42)15-20-10-12-27(18(2)14-20)45-43-16-23-21(29(34)35)5-3-7-24(23)32(39)40/h17-28H,3-16H2,1-2H3,(H,34,35)(H,36,37). The summed E-state index contributed by atoms with van der Waals surface area (Å²) in [5.74, 6) is -5.76. The lowest BCUT2D eigenvalue weighted by Crippen LogP contribution is -2.47. The third-order valence-corrected chi connectivity index (χ3v) is 11.1. The lowest BCUT2D eigenvalue weighted by Gasteiger charge is -2.39. The van der Waals surface area contributed by atoms with Gasteiger partial charge in [0.15, 0.2) is 0 Å². The van der Waals surface area contributed by atoms with Crippen molar-refractivity contribution in [2.24, 2.45) is 47.3 Å². The van der Waals surface area contributed by atoms with Crippen LogP contribution in [0.25, 0.3) is 0 Å². The van der Waals surface area contributed by atoms with Crippen molar-refractivity contribution in [3.05, 3.63) is 20.2 Å². The molecular formula is C31H48N2O12. The Balaban J connectivity index is 1.22. The molecule has 0 radical (unpaired) electrons. The van der Waals surface area contributed by atoms with Crippen molar-refractivity contribution >= 4 is 17.9 Å². The number of hydrogen-bond acceptors (Lipinski definition) is 10. The summed E-state index contributed by atoms with van der Waals surface area (Å²) < 4.78 is 5.79. The van der Waals surface area contributed by atoms with Gasteiger partial charge in [-0.3, -0.25) is 34.6 Å². The van der Waals surface area contributed by atoms with Crippen LogP contribution < -0.4 is 0 Å². The zero-order chi connectivity index (χ0) is 32.8. The number of ether oxygens (including phenoxy) is 1. The average Bonchev–Trinajstić information content (AvgIpc) is 2.98. The molecule has 12 atom stereocenters. The van der Waals surface area contributed by atoms with Crippen LogP contribution in [0.5, 0.6) is 0 Å². The predicted octanol–water partition coefficient (Wildman–Crippen LogP) is 4.77. The number of carboxylic acid groups (broad SMARTS) is 2. The summed E-state index contributed by atoms with van der Waals surface area (Å²) in [4.78, 5) is 69.9. The second-order valence-corrected chi connectivity index (χ2v) is 14.1. The number of carbonyl (C=O) groups excluding carboxylic acids is 1. The summed E-state index contributed by atoms with van der Waals surface area (Å²) in [7, 11) is 0. The molecule has 0 saturated heterocycles. The first-order valence-electron chi connectivity index (χ1n) is 16.6. The molecule has 12 unspecified atom stereocenters. The van der Waals surface area contributed by atoms with Gasteiger partial charge < -0.3 is 14.9 Å². The predicted molar refractivity (Wildman–Crippen MR) is 157 cm³/mol. The first-order chi connectivity index (χ1) is 21.4. The van der Waals surface area contributed by atoms with Gasteiger partial charge >= 0.3 is 17.9 Å². The van der Waals surface area contributed by atoms with Crippen LogP contribution in [0.3, 0.4) is 0 Å². The summed E-state index contributed by atoms with van der Waals surface area (Å²) in [6.45, 7) is 3.99. The van der Waals surface area contributed by atoms with E-state index >= 15 is 0 Å². The molecule has 14 nitrogen and oxygen atoms in total. The van der Waals surface area contributed by atoms with Crippen molar-refractivity contribution in [1.29, 1.82) is 0 Å². The number of nitrogens with zero attached hydrogens (tertiary/aromatic N) is 2. The Bertz CT molecular complexity index is 1040. The van der Waals surface area contributed by atoms with Gasteiger partial charge in [-0.05, 0) is 94.3 Å². The molecule has 0 heterocycles. The molecule has 4 saturated carbocycles. The lowest BCUT2D eigenvalue weighted by atomic mass is 9.71. The van der Waals surface area contributed by atoms with Crippen molar-refractivity contribution in [3.8, 4) is 0 Å². The van der Waals surface area contributed by atoms with Gasteiger partial charge in [-0.2, -0.15) is 0 Å². The molecule has 254 valence electrons. The molecule has 4 fully saturated rings. The molecule has 4 aliphatic carbocycles. The zero-order valence-corrected chi connectivity index (χ0v) is 26.2. The monoisotopic (exact) mass is 640 g/mol. The molecule has 2 N–H and O–H groups in total. The van der Waals surface area contributed by atoms with Gasteiger partial charge in [0.25, 0.3) is 0 Å². The van der Waals surface area contributed by atoms with E-state index in [1.54, 1.807) is 0 Å². The topological polar surface area (TPSA) is 206 Å². The van der Waals surface area contributed by atoms with Gasteiger partial charge in [0, 0.05) is 22.7 Å². The number of carbonyl (C=O) groups is 3. The highest BCUT2D eigenvalue weighted by Gasteiger charge is 2.50. The molecule has 0 aliphatic heterocycles. The van der Waals surface area contributed by atoms with Crippen molar-refractivity contribution in [2.75, 3.05) is 6.61 Å². The van der Waals surface area contributed by atoms with E-state index in [1.807, 2.05) is 6.92 Å². The minimum absolute atomic E-state index is 0.0523. The first-order valence-corrected chi connectivity index (χ1v) is 16.6. The molecule has 0 amide bonds. The largest absolute Gasteiger partial charge is 0.481 e. The SMILES string of the molecule is CC1CC(CC2CCC(OC(=O)C3C(C(=O)O)CCCC3[N+](=O)[O-])C(C)C2)CCC1OOCC1C(C(=O)O)CCCC1[N+](=O)[O-]. The summed E-state index contributed by atoms with van der Waals surface area (Å²) >= 11 is 0. The maximum absolute atomic E-state index is 13.1. The average molecular weight is 641 g/mol. The van der Waals surface area contributed by atoms with E-state index in [2.05, 4.69) is 6.92 Å². The molecule has 0 aromatic rings. The van der Waals surface area contributed by atoms with Gasteiger partial charge in [0.1, 0.15) is 12.0 Å². The van der Waals surface area contributed by atoms with Crippen molar-refractivity contribution in [3.63, 3.8) is 0 Å². The van der Waals surface area contributed by atoms with Crippen LogP contribution in [-0.4, -0.2) is 68.9 Å². The molecule has 0 aromatic carbocycles. The number of carboxylic acids is 2. The first kappa shape index (κ1) is 35.0. The number of aliphatic carboxylic acids is 2. The maximum atomic E-state index is 13.1. The van der Waals surface area contributed by atoms with Crippen LogP contribution in [0.1, 0.15) is 97.3 Å². The maximum Gasteiger partial charge on any atom is 0.317 e. The quantitative estimate of drug-likeness (QED) is 0.128. The smallest absolute Gasteiger partial charge is 0.317 e. The Morgan fingerprint density at radius 2 is 1.27 bits per heavy atom. The van der Waals surface area contributed by atoms with Crippen LogP contribution in [0, 0.1) is 67.6 Å². The third kappa shape index (κ3) is 8.69. The Hall–Kier alpha value is -2.87. The Labute approximate surface area is 262 Å². The minimum atomic E-state index is -1.27. The van der Waals surface area contributed by atoms with Crippen LogP contribution in [0.4, 0.5) is 0 Å². The van der Waals surface area contributed by atoms with E-state index in [0.29, 0.717) is 43.9 Å². The highest BCUT2D eigenvalue weighted by atomic mass is 17.2. The highest BCUT2D eigenvalue weighted by molar-refractivity contribution is 5.82. The zero-order valence-electron chi connectivity index (χ0n) is 26.2.